The zero-order valence-electron chi connectivity index (χ0n) is 17.9. The third kappa shape index (κ3) is 5.25. The third-order valence-electron chi connectivity index (χ3n) is 4.57. The fourth-order valence-corrected chi connectivity index (χ4v) is 3.09. The van der Waals surface area contributed by atoms with E-state index in [2.05, 4.69) is 0 Å². The number of rotatable bonds is 4. The highest BCUT2D eigenvalue weighted by Crippen LogP contribution is 2.43. The summed E-state index contributed by atoms with van der Waals surface area (Å²) in [4.78, 5) is 25.4. The smallest absolute Gasteiger partial charge is 0.328 e. The van der Waals surface area contributed by atoms with Gasteiger partial charge in [0.1, 0.15) is 5.75 Å². The van der Waals surface area contributed by atoms with Crippen LogP contribution in [0.5, 0.6) is 5.75 Å². The van der Waals surface area contributed by atoms with Gasteiger partial charge in [-0.15, -0.1) is 0 Å². The van der Waals surface area contributed by atoms with Crippen molar-refractivity contribution in [3.8, 4) is 5.75 Å². The maximum atomic E-state index is 13.0. The van der Waals surface area contributed by atoms with Gasteiger partial charge in [0.15, 0.2) is 0 Å². The summed E-state index contributed by atoms with van der Waals surface area (Å²) in [5.74, 6) is -1.46. The Labute approximate surface area is 172 Å². The highest BCUT2D eigenvalue weighted by Gasteiger charge is 2.29. The monoisotopic (exact) mass is 395 g/mol. The standard InChI is InChI=1S/C24H29NO4/c1-23(2,3)18-14-17(15-19(22(18)29)24(4,5)6)25(16-10-8-7-9-11-16)20(26)12-13-21(27)28/h7-15,29H,1-6H3,(H,27,28)/b13-12-. The van der Waals surface area contributed by atoms with Crippen molar-refractivity contribution in [3.05, 3.63) is 65.7 Å². The van der Waals surface area contributed by atoms with E-state index in [1.54, 1.807) is 24.3 Å². The average molecular weight is 395 g/mol. The summed E-state index contributed by atoms with van der Waals surface area (Å²) in [6.45, 7) is 12.0. The summed E-state index contributed by atoms with van der Waals surface area (Å²) >= 11 is 0. The maximum Gasteiger partial charge on any atom is 0.328 e. The highest BCUT2D eigenvalue weighted by atomic mass is 16.4. The van der Waals surface area contributed by atoms with E-state index < -0.39 is 11.9 Å². The van der Waals surface area contributed by atoms with E-state index >= 15 is 0 Å². The molecule has 0 unspecified atom stereocenters. The Bertz CT molecular complexity index is 897. The number of benzene rings is 2. The molecule has 2 rings (SSSR count). The molecule has 154 valence electrons. The summed E-state index contributed by atoms with van der Waals surface area (Å²) < 4.78 is 0. The minimum Gasteiger partial charge on any atom is -0.507 e. The summed E-state index contributed by atoms with van der Waals surface area (Å²) in [7, 11) is 0. The van der Waals surface area contributed by atoms with Crippen molar-refractivity contribution in [2.24, 2.45) is 0 Å². The number of para-hydroxylation sites is 1. The minimum atomic E-state index is -1.19. The molecule has 0 fully saturated rings. The van der Waals surface area contributed by atoms with Crippen molar-refractivity contribution in [2.45, 2.75) is 52.4 Å². The van der Waals surface area contributed by atoms with Gasteiger partial charge >= 0.3 is 5.97 Å². The maximum absolute atomic E-state index is 13.0. The molecule has 0 atom stereocenters. The van der Waals surface area contributed by atoms with Crippen LogP contribution in [0, 0.1) is 0 Å². The van der Waals surface area contributed by atoms with Crippen LogP contribution in [-0.4, -0.2) is 22.1 Å². The lowest BCUT2D eigenvalue weighted by atomic mass is 9.79. The van der Waals surface area contributed by atoms with Crippen molar-refractivity contribution in [2.75, 3.05) is 4.90 Å². The molecule has 0 saturated carbocycles. The van der Waals surface area contributed by atoms with Crippen LogP contribution in [0.15, 0.2) is 54.6 Å². The summed E-state index contributed by atoms with van der Waals surface area (Å²) in [5, 5.41) is 19.9. The van der Waals surface area contributed by atoms with Crippen LogP contribution in [0.4, 0.5) is 11.4 Å². The summed E-state index contributed by atoms with van der Waals surface area (Å²) in [6.07, 6.45) is 1.86. The van der Waals surface area contributed by atoms with Crippen LogP contribution in [0.2, 0.25) is 0 Å². The Balaban J connectivity index is 2.79. The fraction of sp³-hybridized carbons (Fsp3) is 0.333. The molecule has 2 N–H and O–H groups in total. The van der Waals surface area contributed by atoms with Crippen molar-refractivity contribution in [3.63, 3.8) is 0 Å². The molecule has 0 aromatic heterocycles. The number of amides is 1. The van der Waals surface area contributed by atoms with Gasteiger partial charge in [0.25, 0.3) is 5.91 Å². The topological polar surface area (TPSA) is 77.8 Å². The second kappa shape index (κ2) is 8.11. The zero-order valence-corrected chi connectivity index (χ0v) is 17.9. The number of phenolic OH excluding ortho intramolecular Hbond substituents is 1. The number of nitrogens with zero attached hydrogens (tertiary/aromatic N) is 1. The van der Waals surface area contributed by atoms with Crippen LogP contribution in [0.1, 0.15) is 52.7 Å². The van der Waals surface area contributed by atoms with Crippen molar-refractivity contribution in [1.82, 2.24) is 0 Å². The van der Waals surface area contributed by atoms with Crippen LogP contribution in [0.25, 0.3) is 0 Å². The van der Waals surface area contributed by atoms with Crippen molar-refractivity contribution < 1.29 is 19.8 Å². The lowest BCUT2D eigenvalue weighted by molar-refractivity contribution is -0.131. The van der Waals surface area contributed by atoms with Crippen LogP contribution in [0.3, 0.4) is 0 Å². The number of carboxylic acids is 1. The van der Waals surface area contributed by atoms with Crippen molar-refractivity contribution >= 4 is 23.3 Å². The number of carbonyl (C=O) groups excluding carboxylic acids is 1. The van der Waals surface area contributed by atoms with E-state index in [0.29, 0.717) is 11.4 Å². The normalized spacial score (nSPS) is 12.2. The molecule has 5 heteroatoms. The molecular formula is C24H29NO4. The quantitative estimate of drug-likeness (QED) is 0.689. The largest absolute Gasteiger partial charge is 0.507 e. The first-order chi connectivity index (χ1) is 13.3. The average Bonchev–Trinajstić information content (AvgIpc) is 2.60. The summed E-state index contributed by atoms with van der Waals surface area (Å²) in [5.41, 5.74) is 1.90. The molecule has 0 saturated heterocycles. The van der Waals surface area contributed by atoms with E-state index in [-0.39, 0.29) is 16.6 Å². The SMILES string of the molecule is CC(C)(C)c1cc(N(C(=O)/C=C\C(=O)O)c2ccccc2)cc(C(C)(C)C)c1O. The van der Waals surface area contributed by atoms with Gasteiger partial charge in [0.2, 0.25) is 0 Å². The Morgan fingerprint density at radius 2 is 1.31 bits per heavy atom. The number of carboxylic acid groups (broad SMARTS) is 1. The van der Waals surface area contributed by atoms with Gasteiger partial charge in [-0.1, -0.05) is 59.7 Å². The first kappa shape index (κ1) is 22.2. The van der Waals surface area contributed by atoms with Gasteiger partial charge in [-0.2, -0.15) is 0 Å². The Morgan fingerprint density at radius 1 is 0.828 bits per heavy atom. The summed E-state index contributed by atoms with van der Waals surface area (Å²) in [6, 6.07) is 12.6. The predicted octanol–water partition coefficient (Wildman–Crippen LogP) is 5.29. The first-order valence-corrected chi connectivity index (χ1v) is 9.50. The van der Waals surface area contributed by atoms with Gasteiger partial charge < -0.3 is 10.2 Å². The molecule has 1 amide bonds. The predicted molar refractivity (Wildman–Crippen MR) is 116 cm³/mol. The third-order valence-corrected chi connectivity index (χ3v) is 4.57. The number of aromatic hydroxyl groups is 1. The number of aliphatic carboxylic acids is 1. The Hall–Kier alpha value is -3.08. The molecule has 29 heavy (non-hydrogen) atoms. The van der Waals surface area contributed by atoms with Gasteiger partial charge in [0.05, 0.1) is 5.69 Å². The second-order valence-electron chi connectivity index (χ2n) is 9.07. The molecule has 2 aromatic rings. The molecule has 0 spiro atoms. The van der Waals surface area contributed by atoms with E-state index in [1.807, 2.05) is 59.7 Å². The molecule has 0 heterocycles. The van der Waals surface area contributed by atoms with E-state index in [1.165, 1.54) is 4.90 Å². The molecule has 0 aliphatic rings. The molecule has 0 aliphatic carbocycles. The van der Waals surface area contributed by atoms with E-state index in [4.69, 9.17) is 5.11 Å². The van der Waals surface area contributed by atoms with Crippen molar-refractivity contribution in [1.29, 1.82) is 0 Å². The second-order valence-corrected chi connectivity index (χ2v) is 9.07. The molecule has 2 aromatic carbocycles. The van der Waals surface area contributed by atoms with Gasteiger partial charge in [-0.05, 0) is 35.1 Å². The molecule has 0 aliphatic heterocycles. The van der Waals surface area contributed by atoms with Crippen LogP contribution >= 0.6 is 0 Å². The number of carbonyl (C=O) groups is 2. The minimum absolute atomic E-state index is 0.218. The first-order valence-electron chi connectivity index (χ1n) is 9.50. The Kier molecular flexibility index (Phi) is 6.21. The number of anilines is 2. The van der Waals surface area contributed by atoms with Crippen LogP contribution < -0.4 is 4.90 Å². The number of hydrogen-bond donors (Lipinski definition) is 2. The molecule has 5 nitrogen and oxygen atoms in total. The van der Waals surface area contributed by atoms with Gasteiger partial charge in [-0.25, -0.2) is 4.79 Å². The number of phenols is 1. The van der Waals surface area contributed by atoms with Crippen LogP contribution in [-0.2, 0) is 20.4 Å². The molecule has 0 bridgehead atoms. The fourth-order valence-electron chi connectivity index (χ4n) is 3.09. The van der Waals surface area contributed by atoms with Gasteiger partial charge in [-0.3, -0.25) is 9.69 Å². The highest BCUT2D eigenvalue weighted by molar-refractivity contribution is 6.09. The van der Waals surface area contributed by atoms with E-state index in [0.717, 1.165) is 23.3 Å². The van der Waals surface area contributed by atoms with Gasteiger partial charge in [0, 0.05) is 29.0 Å². The molecular weight excluding hydrogens is 366 g/mol. The lowest BCUT2D eigenvalue weighted by Crippen LogP contribution is -2.26. The Morgan fingerprint density at radius 3 is 1.72 bits per heavy atom. The molecule has 0 radical (unpaired) electrons. The zero-order chi connectivity index (χ0) is 22.0. The van der Waals surface area contributed by atoms with E-state index in [9.17, 15) is 14.7 Å². The lowest BCUT2D eigenvalue weighted by Gasteiger charge is -2.31. The number of hydrogen-bond acceptors (Lipinski definition) is 3.